The van der Waals surface area contributed by atoms with Crippen molar-refractivity contribution in [3.63, 3.8) is 0 Å². The predicted molar refractivity (Wildman–Crippen MR) is 114 cm³/mol. The van der Waals surface area contributed by atoms with Crippen molar-refractivity contribution in [2.75, 3.05) is 13.1 Å². The van der Waals surface area contributed by atoms with Crippen LogP contribution in [0.3, 0.4) is 0 Å². The third-order valence-electron chi connectivity index (χ3n) is 5.45. The second kappa shape index (κ2) is 7.95. The molecule has 1 aromatic carbocycles. The Bertz CT molecular complexity index is 979. The first-order valence-electron chi connectivity index (χ1n) is 9.93. The number of rotatable bonds is 3. The quantitative estimate of drug-likeness (QED) is 0.692. The first kappa shape index (κ1) is 18.4. The molecule has 2 aromatic heterocycles. The zero-order chi connectivity index (χ0) is 18.8. The lowest BCUT2D eigenvalue weighted by molar-refractivity contribution is 0.234. The van der Waals surface area contributed by atoms with Gasteiger partial charge in [0.2, 0.25) is 0 Å². The van der Waals surface area contributed by atoms with Crippen molar-refractivity contribution in [3.05, 3.63) is 50.9 Å². The fourth-order valence-corrected chi connectivity index (χ4v) is 5.05. The topological polar surface area (TPSA) is 49.0 Å². The van der Waals surface area contributed by atoms with Gasteiger partial charge >= 0.3 is 0 Å². The third-order valence-corrected chi connectivity index (χ3v) is 6.45. The van der Waals surface area contributed by atoms with Gasteiger partial charge in [0.1, 0.15) is 10.7 Å². The van der Waals surface area contributed by atoms with Crippen LogP contribution in [0.2, 0.25) is 0 Å². The van der Waals surface area contributed by atoms with Gasteiger partial charge in [-0.25, -0.2) is 4.98 Å². The normalized spacial score (nSPS) is 16.4. The average Bonchev–Trinajstić information content (AvgIpc) is 2.94. The molecule has 3 heterocycles. The van der Waals surface area contributed by atoms with Gasteiger partial charge in [-0.1, -0.05) is 49.1 Å². The van der Waals surface area contributed by atoms with Crippen molar-refractivity contribution in [1.29, 1.82) is 0 Å². The van der Waals surface area contributed by atoms with Crippen LogP contribution in [-0.4, -0.2) is 28.0 Å². The Labute approximate surface area is 164 Å². The molecule has 27 heavy (non-hydrogen) atoms. The highest BCUT2D eigenvalue weighted by atomic mass is 32.1. The van der Waals surface area contributed by atoms with Crippen molar-refractivity contribution >= 4 is 21.6 Å². The zero-order valence-electron chi connectivity index (χ0n) is 16.2. The highest BCUT2D eigenvalue weighted by Crippen LogP contribution is 2.35. The molecule has 3 aromatic rings. The number of nitrogens with one attached hydrogen (secondary N) is 1. The summed E-state index contributed by atoms with van der Waals surface area (Å²) in [7, 11) is 0. The standard InChI is InChI=1S/C22H27N3OS/c1-15-8-10-17(11-9-15)19-16(2)27-22-20(19)21(26)23-18(24-22)14-25-12-6-4-3-5-7-13-25/h8-11H,3-7,12-14H2,1-2H3,(H,23,24,26). The van der Waals surface area contributed by atoms with Crippen LogP contribution >= 0.6 is 11.3 Å². The number of aryl methyl sites for hydroxylation is 2. The molecule has 5 heteroatoms. The molecule has 0 atom stereocenters. The average molecular weight is 382 g/mol. The minimum Gasteiger partial charge on any atom is -0.309 e. The van der Waals surface area contributed by atoms with Gasteiger partial charge in [-0.15, -0.1) is 11.3 Å². The summed E-state index contributed by atoms with van der Waals surface area (Å²) in [5.74, 6) is 0.796. The Morgan fingerprint density at radius 2 is 1.70 bits per heavy atom. The maximum absolute atomic E-state index is 12.9. The first-order valence-corrected chi connectivity index (χ1v) is 10.7. The van der Waals surface area contributed by atoms with Crippen LogP contribution in [0.4, 0.5) is 0 Å². The molecular weight excluding hydrogens is 354 g/mol. The second-order valence-corrected chi connectivity index (χ2v) is 8.84. The minimum atomic E-state index is -0.0121. The minimum absolute atomic E-state index is 0.0121. The second-order valence-electron chi connectivity index (χ2n) is 7.64. The zero-order valence-corrected chi connectivity index (χ0v) is 17.0. The molecule has 4 nitrogen and oxygen atoms in total. The van der Waals surface area contributed by atoms with Crippen LogP contribution in [0.25, 0.3) is 21.3 Å². The summed E-state index contributed by atoms with van der Waals surface area (Å²) in [6.45, 7) is 7.09. The van der Waals surface area contributed by atoms with Crippen molar-refractivity contribution < 1.29 is 0 Å². The largest absolute Gasteiger partial charge is 0.309 e. The van der Waals surface area contributed by atoms with Crippen LogP contribution in [0.5, 0.6) is 0 Å². The van der Waals surface area contributed by atoms with Gasteiger partial charge in [0.15, 0.2) is 0 Å². The maximum Gasteiger partial charge on any atom is 0.260 e. The summed E-state index contributed by atoms with van der Waals surface area (Å²) in [6.07, 6.45) is 6.45. The van der Waals surface area contributed by atoms with E-state index in [-0.39, 0.29) is 5.56 Å². The molecule has 1 aliphatic rings. The van der Waals surface area contributed by atoms with Gasteiger partial charge in [-0.05, 0) is 45.3 Å². The SMILES string of the molecule is Cc1ccc(-c2c(C)sc3nc(CN4CCCCCCC4)[nH]c(=O)c23)cc1. The van der Waals surface area contributed by atoms with Gasteiger partial charge in [-0.2, -0.15) is 0 Å². The Kier molecular flexibility index (Phi) is 5.41. The van der Waals surface area contributed by atoms with Crippen molar-refractivity contribution in [2.45, 2.75) is 52.5 Å². The number of thiophene rings is 1. The number of benzene rings is 1. The van der Waals surface area contributed by atoms with Crippen LogP contribution in [0.15, 0.2) is 29.1 Å². The summed E-state index contributed by atoms with van der Waals surface area (Å²) < 4.78 is 0. The lowest BCUT2D eigenvalue weighted by Gasteiger charge is -2.23. The van der Waals surface area contributed by atoms with E-state index in [0.29, 0.717) is 0 Å². The predicted octanol–water partition coefficient (Wildman–Crippen LogP) is 5.03. The van der Waals surface area contributed by atoms with Gasteiger partial charge in [0, 0.05) is 10.4 Å². The van der Waals surface area contributed by atoms with E-state index < -0.39 is 0 Å². The van der Waals surface area contributed by atoms with Crippen LogP contribution < -0.4 is 5.56 Å². The number of H-pyrrole nitrogens is 1. The Balaban J connectivity index is 1.68. The molecule has 1 saturated heterocycles. The highest BCUT2D eigenvalue weighted by Gasteiger charge is 2.18. The van der Waals surface area contributed by atoms with Crippen molar-refractivity contribution in [2.24, 2.45) is 0 Å². The van der Waals surface area contributed by atoms with Crippen molar-refractivity contribution in [1.82, 2.24) is 14.9 Å². The van der Waals surface area contributed by atoms with Gasteiger partial charge < -0.3 is 4.98 Å². The Morgan fingerprint density at radius 3 is 2.41 bits per heavy atom. The molecule has 4 rings (SSSR count). The Hall–Kier alpha value is -1.98. The maximum atomic E-state index is 12.9. The number of fused-ring (bicyclic) bond motifs is 1. The number of aromatic amines is 1. The van der Waals surface area contributed by atoms with Gasteiger partial charge in [-0.3, -0.25) is 9.69 Å². The fourth-order valence-electron chi connectivity index (χ4n) is 3.99. The summed E-state index contributed by atoms with van der Waals surface area (Å²) in [6, 6.07) is 8.38. The van der Waals surface area contributed by atoms with E-state index in [4.69, 9.17) is 4.98 Å². The van der Waals surface area contributed by atoms with Gasteiger partial charge in [0.05, 0.1) is 11.9 Å². The lowest BCUT2D eigenvalue weighted by atomic mass is 10.0. The van der Waals surface area contributed by atoms with E-state index in [1.165, 1.54) is 37.7 Å². The molecule has 0 spiro atoms. The highest BCUT2D eigenvalue weighted by molar-refractivity contribution is 7.19. The molecule has 0 bridgehead atoms. The third kappa shape index (κ3) is 3.99. The van der Waals surface area contributed by atoms with E-state index >= 15 is 0 Å². The lowest BCUT2D eigenvalue weighted by Crippen LogP contribution is -2.28. The Morgan fingerprint density at radius 1 is 1.04 bits per heavy atom. The summed E-state index contributed by atoms with van der Waals surface area (Å²) in [5, 5.41) is 0.734. The van der Waals surface area contributed by atoms with E-state index in [2.05, 4.69) is 48.0 Å². The van der Waals surface area contributed by atoms with Crippen molar-refractivity contribution in [3.8, 4) is 11.1 Å². The van der Waals surface area contributed by atoms with E-state index in [0.717, 1.165) is 51.7 Å². The molecule has 0 amide bonds. The molecule has 1 aliphatic heterocycles. The number of likely N-dealkylation sites (tertiary alicyclic amines) is 1. The molecule has 1 N–H and O–H groups in total. The molecule has 0 unspecified atom stereocenters. The van der Waals surface area contributed by atoms with Crippen LogP contribution in [-0.2, 0) is 6.54 Å². The summed E-state index contributed by atoms with van der Waals surface area (Å²) >= 11 is 1.63. The van der Waals surface area contributed by atoms with E-state index in [1.807, 2.05) is 0 Å². The number of hydrogen-bond donors (Lipinski definition) is 1. The molecular formula is C22H27N3OS. The fraction of sp³-hybridized carbons (Fsp3) is 0.455. The van der Waals surface area contributed by atoms with Gasteiger partial charge in [0.25, 0.3) is 5.56 Å². The number of aromatic nitrogens is 2. The molecule has 1 fully saturated rings. The van der Waals surface area contributed by atoms with E-state index in [1.54, 1.807) is 11.3 Å². The monoisotopic (exact) mass is 381 g/mol. The number of hydrogen-bond acceptors (Lipinski definition) is 4. The summed E-state index contributed by atoms with van der Waals surface area (Å²) in [4.78, 5) is 25.3. The molecule has 0 radical (unpaired) electrons. The molecule has 0 aliphatic carbocycles. The number of nitrogens with zero attached hydrogens (tertiary/aromatic N) is 2. The first-order chi connectivity index (χ1) is 13.1. The molecule has 0 saturated carbocycles. The van der Waals surface area contributed by atoms with Crippen LogP contribution in [0, 0.1) is 13.8 Å². The smallest absolute Gasteiger partial charge is 0.260 e. The summed E-state index contributed by atoms with van der Waals surface area (Å²) in [5.41, 5.74) is 3.33. The molecule has 142 valence electrons. The van der Waals surface area contributed by atoms with Crippen LogP contribution in [0.1, 0.15) is 48.4 Å². The van der Waals surface area contributed by atoms with E-state index in [9.17, 15) is 4.79 Å².